The highest BCUT2D eigenvalue weighted by molar-refractivity contribution is 8.98. The molecule has 0 amide bonds. The summed E-state index contributed by atoms with van der Waals surface area (Å²) in [6, 6.07) is 18.1. The molecule has 0 aliphatic heterocycles. The molecule has 0 saturated heterocycles. The fourth-order valence-electron chi connectivity index (χ4n) is 1.82. The van der Waals surface area contributed by atoms with E-state index in [2.05, 4.69) is 12.1 Å². The summed E-state index contributed by atoms with van der Waals surface area (Å²) in [6.45, 7) is -1.65. The van der Waals surface area contributed by atoms with Crippen LogP contribution in [0.3, 0.4) is 0 Å². The van der Waals surface area contributed by atoms with Crippen LogP contribution in [0.15, 0.2) is 59.5 Å². The maximum atomic E-state index is 11.7. The van der Waals surface area contributed by atoms with Gasteiger partial charge in [0, 0.05) is 15.3 Å². The zero-order valence-corrected chi connectivity index (χ0v) is 14.2. The van der Waals surface area contributed by atoms with E-state index in [4.69, 9.17) is 4.52 Å². The number of rotatable bonds is 7. The zero-order chi connectivity index (χ0) is 15.1. The van der Waals surface area contributed by atoms with Crippen molar-refractivity contribution in [3.63, 3.8) is 0 Å². The van der Waals surface area contributed by atoms with Crippen LogP contribution in [0.5, 0.6) is 0 Å². The van der Waals surface area contributed by atoms with Crippen molar-refractivity contribution in [2.45, 2.75) is 18.2 Å². The Kier molecular flexibility index (Phi) is 6.40. The van der Waals surface area contributed by atoms with Gasteiger partial charge in [-0.3, -0.25) is 0 Å². The van der Waals surface area contributed by atoms with E-state index in [-0.39, 0.29) is 6.61 Å². The van der Waals surface area contributed by atoms with Gasteiger partial charge in [0.05, 0.1) is 6.61 Å². The average molecular weight is 340 g/mol. The quantitative estimate of drug-likeness (QED) is 0.557. The van der Waals surface area contributed by atoms with E-state index in [9.17, 15) is 9.46 Å². The fraction of sp³-hybridized carbons (Fsp3) is 0.200. The van der Waals surface area contributed by atoms with E-state index in [0.29, 0.717) is 0 Å². The molecular weight excluding hydrogens is 323 g/mol. The van der Waals surface area contributed by atoms with E-state index in [1.165, 1.54) is 16.4 Å². The van der Waals surface area contributed by atoms with Gasteiger partial charge >= 0.3 is 6.80 Å². The molecule has 6 heteroatoms. The monoisotopic (exact) mass is 340 g/mol. The van der Waals surface area contributed by atoms with Crippen LogP contribution in [0.2, 0.25) is 0 Å². The third kappa shape index (κ3) is 5.53. The van der Waals surface area contributed by atoms with Crippen molar-refractivity contribution >= 4 is 28.0 Å². The maximum absolute atomic E-state index is 11.7. The van der Waals surface area contributed by atoms with Crippen LogP contribution in [0.4, 0.5) is 0 Å². The highest BCUT2D eigenvalue weighted by atomic mass is 33.3. The van der Waals surface area contributed by atoms with E-state index < -0.39 is 6.80 Å². The number of benzene rings is 2. The molecule has 0 aliphatic rings. The smallest absolute Gasteiger partial charge is 0.316 e. The Morgan fingerprint density at radius 1 is 1.10 bits per heavy atom. The van der Waals surface area contributed by atoms with Crippen molar-refractivity contribution in [3.05, 3.63) is 65.7 Å². The van der Waals surface area contributed by atoms with E-state index in [0.717, 1.165) is 27.3 Å². The molecule has 0 bridgehead atoms. The molecule has 2 aromatic rings. The molecule has 0 radical (unpaired) electrons. The van der Waals surface area contributed by atoms with E-state index >= 15 is 0 Å². The highest BCUT2D eigenvalue weighted by Gasteiger charge is 2.21. The average Bonchev–Trinajstić information content (AvgIpc) is 2.47. The molecule has 0 heterocycles. The molecule has 2 rings (SSSR count). The molecule has 0 fully saturated rings. The van der Waals surface area contributed by atoms with Gasteiger partial charge in [0.15, 0.2) is 0 Å². The van der Waals surface area contributed by atoms with Crippen LogP contribution in [0, 0.1) is 0 Å². The summed E-state index contributed by atoms with van der Waals surface area (Å²) in [6.07, 6.45) is 0.801. The minimum atomic E-state index is -3.58. The van der Waals surface area contributed by atoms with Gasteiger partial charge in [-0.05, 0) is 41.3 Å². The van der Waals surface area contributed by atoms with E-state index in [1.54, 1.807) is 6.92 Å². The van der Waals surface area contributed by atoms with Crippen molar-refractivity contribution in [3.8, 4) is 0 Å². The summed E-state index contributed by atoms with van der Waals surface area (Å²) < 4.78 is 16.6. The summed E-state index contributed by atoms with van der Waals surface area (Å²) in [4.78, 5) is 10.6. The van der Waals surface area contributed by atoms with E-state index in [1.807, 2.05) is 42.5 Å². The summed E-state index contributed by atoms with van der Waals surface area (Å²) in [5.41, 5.74) is 2.35. The summed E-state index contributed by atoms with van der Waals surface area (Å²) in [7, 11) is 2.18. The Balaban J connectivity index is 2.09. The Hall–Kier alpha value is -0.710. The van der Waals surface area contributed by atoms with Gasteiger partial charge in [-0.25, -0.2) is 4.57 Å². The SMILES string of the molecule is CCOP(=O)(O)SSc1ccccc1Cc1ccccc1. The van der Waals surface area contributed by atoms with Gasteiger partial charge in [0.2, 0.25) is 0 Å². The van der Waals surface area contributed by atoms with Gasteiger partial charge < -0.3 is 9.42 Å². The topological polar surface area (TPSA) is 46.5 Å². The second kappa shape index (κ2) is 8.06. The second-order valence-corrected chi connectivity index (χ2v) is 9.94. The molecule has 1 atom stereocenters. The molecule has 1 N–H and O–H groups in total. The minimum absolute atomic E-state index is 0.229. The van der Waals surface area contributed by atoms with Gasteiger partial charge in [0.1, 0.15) is 0 Å². The van der Waals surface area contributed by atoms with Gasteiger partial charge in [-0.15, -0.1) is 0 Å². The van der Waals surface area contributed by atoms with Crippen molar-refractivity contribution < 1.29 is 14.0 Å². The van der Waals surface area contributed by atoms with Crippen molar-refractivity contribution in [1.82, 2.24) is 0 Å². The standard InChI is InChI=1S/C15H17O3PS2/c1-2-18-19(16,17)21-20-15-11-7-6-10-14(15)12-13-8-4-3-5-9-13/h3-11H,2,12H2,1H3,(H,16,17). The maximum Gasteiger partial charge on any atom is 0.397 e. The molecule has 3 nitrogen and oxygen atoms in total. The minimum Gasteiger partial charge on any atom is -0.316 e. The molecule has 112 valence electrons. The molecule has 0 aromatic heterocycles. The van der Waals surface area contributed by atoms with Gasteiger partial charge in [-0.1, -0.05) is 48.5 Å². The predicted molar refractivity (Wildman–Crippen MR) is 90.6 cm³/mol. The molecule has 0 aliphatic carbocycles. The highest BCUT2D eigenvalue weighted by Crippen LogP contribution is 2.63. The van der Waals surface area contributed by atoms with Crippen molar-refractivity contribution in [2.75, 3.05) is 6.61 Å². The Morgan fingerprint density at radius 3 is 2.48 bits per heavy atom. The van der Waals surface area contributed by atoms with Crippen LogP contribution in [-0.4, -0.2) is 11.5 Å². The normalized spacial score (nSPS) is 13.8. The summed E-state index contributed by atoms with van der Waals surface area (Å²) in [5, 5.41) is 0. The lowest BCUT2D eigenvalue weighted by Gasteiger charge is -2.11. The van der Waals surface area contributed by atoms with Crippen molar-refractivity contribution in [1.29, 1.82) is 0 Å². The lowest BCUT2D eigenvalue weighted by Crippen LogP contribution is -1.90. The molecular formula is C15H17O3PS2. The first-order valence-electron chi connectivity index (χ1n) is 6.56. The molecule has 1 unspecified atom stereocenters. The summed E-state index contributed by atoms with van der Waals surface area (Å²) in [5.74, 6) is 0. The number of hydrogen-bond acceptors (Lipinski definition) is 4. The Morgan fingerprint density at radius 2 is 1.76 bits per heavy atom. The lowest BCUT2D eigenvalue weighted by molar-refractivity contribution is 0.291. The lowest BCUT2D eigenvalue weighted by atomic mass is 10.1. The first kappa shape index (κ1) is 16.7. The van der Waals surface area contributed by atoms with Crippen LogP contribution in [-0.2, 0) is 15.5 Å². The van der Waals surface area contributed by atoms with Crippen LogP contribution in [0.25, 0.3) is 0 Å². The molecule has 2 aromatic carbocycles. The third-order valence-electron chi connectivity index (χ3n) is 2.72. The predicted octanol–water partition coefficient (Wildman–Crippen LogP) is 5.15. The summed E-state index contributed by atoms with van der Waals surface area (Å²) >= 11 is 0. The molecule has 0 saturated carbocycles. The third-order valence-corrected chi connectivity index (χ3v) is 8.16. The van der Waals surface area contributed by atoms with Crippen molar-refractivity contribution in [2.24, 2.45) is 0 Å². The first-order chi connectivity index (χ1) is 10.1. The Labute approximate surface area is 132 Å². The fourth-order valence-corrected chi connectivity index (χ4v) is 6.16. The zero-order valence-electron chi connectivity index (χ0n) is 11.6. The second-order valence-electron chi connectivity index (χ2n) is 4.31. The molecule has 21 heavy (non-hydrogen) atoms. The molecule has 0 spiro atoms. The number of hydrogen-bond donors (Lipinski definition) is 1. The Bertz CT molecular complexity index is 619. The van der Waals surface area contributed by atoms with Gasteiger partial charge in [-0.2, -0.15) is 0 Å². The van der Waals surface area contributed by atoms with Gasteiger partial charge in [0.25, 0.3) is 0 Å². The first-order valence-corrected chi connectivity index (χ1v) is 10.9. The van der Waals surface area contributed by atoms with Crippen LogP contribution >= 0.6 is 28.0 Å². The van der Waals surface area contributed by atoms with Crippen LogP contribution in [0.1, 0.15) is 18.1 Å². The van der Waals surface area contributed by atoms with Crippen LogP contribution < -0.4 is 0 Å². The largest absolute Gasteiger partial charge is 0.397 e.